The number of hydrogen-bond acceptors (Lipinski definition) is 5. The zero-order valence-electron chi connectivity index (χ0n) is 11.3. The first kappa shape index (κ1) is 14.1. The molecule has 0 unspecified atom stereocenters. The van der Waals surface area contributed by atoms with Crippen molar-refractivity contribution >= 4 is 5.95 Å². The van der Waals surface area contributed by atoms with Crippen LogP contribution in [0.1, 0.15) is 12.8 Å². The summed E-state index contributed by atoms with van der Waals surface area (Å²) >= 11 is 0. The molecule has 1 aliphatic rings. The van der Waals surface area contributed by atoms with E-state index in [2.05, 4.69) is 20.2 Å². The van der Waals surface area contributed by atoms with E-state index in [1.165, 1.54) is 12.4 Å². The van der Waals surface area contributed by atoms with Gasteiger partial charge in [-0.3, -0.25) is 0 Å². The predicted octanol–water partition coefficient (Wildman–Crippen LogP) is 1.07. The fourth-order valence-corrected chi connectivity index (χ4v) is 2.29. The summed E-state index contributed by atoms with van der Waals surface area (Å²) < 4.78 is 17.8. The number of nitrogens with zero attached hydrogens (tertiary/aromatic N) is 3. The zero-order valence-corrected chi connectivity index (χ0v) is 11.3. The third-order valence-electron chi connectivity index (χ3n) is 3.42. The van der Waals surface area contributed by atoms with Crippen molar-refractivity contribution in [1.29, 1.82) is 0 Å². The van der Waals surface area contributed by atoms with E-state index in [9.17, 15) is 4.39 Å². The molecule has 1 saturated heterocycles. The summed E-state index contributed by atoms with van der Waals surface area (Å²) in [4.78, 5) is 10.2. The van der Waals surface area contributed by atoms with E-state index in [-0.39, 0.29) is 5.82 Å². The van der Waals surface area contributed by atoms with E-state index in [0.29, 0.717) is 11.9 Å². The van der Waals surface area contributed by atoms with Gasteiger partial charge in [-0.15, -0.1) is 0 Å². The van der Waals surface area contributed by atoms with Gasteiger partial charge >= 0.3 is 0 Å². The maximum Gasteiger partial charge on any atom is 0.225 e. The van der Waals surface area contributed by atoms with Crippen LogP contribution >= 0.6 is 0 Å². The predicted molar refractivity (Wildman–Crippen MR) is 71.7 cm³/mol. The van der Waals surface area contributed by atoms with Crippen molar-refractivity contribution in [3.05, 3.63) is 18.2 Å². The number of methoxy groups -OCH3 is 1. The first-order valence-corrected chi connectivity index (χ1v) is 6.71. The number of anilines is 1. The van der Waals surface area contributed by atoms with Gasteiger partial charge in [0, 0.05) is 26.7 Å². The molecule has 0 aromatic carbocycles. The Balaban J connectivity index is 1.71. The normalized spacial score (nSPS) is 16.8. The van der Waals surface area contributed by atoms with Crippen LogP contribution in [-0.2, 0) is 4.74 Å². The smallest absolute Gasteiger partial charge is 0.225 e. The van der Waals surface area contributed by atoms with E-state index in [1.54, 1.807) is 7.11 Å². The van der Waals surface area contributed by atoms with Crippen molar-refractivity contribution in [2.24, 2.45) is 5.92 Å². The largest absolute Gasteiger partial charge is 0.383 e. The Hall–Kier alpha value is -1.27. The number of halogens is 1. The number of rotatable bonds is 6. The molecular weight excluding hydrogens is 247 g/mol. The Labute approximate surface area is 113 Å². The molecule has 106 valence electrons. The lowest BCUT2D eigenvalue weighted by Gasteiger charge is -2.32. The summed E-state index contributed by atoms with van der Waals surface area (Å²) in [6, 6.07) is 0. The van der Waals surface area contributed by atoms with Gasteiger partial charge in [-0.25, -0.2) is 14.4 Å². The van der Waals surface area contributed by atoms with Crippen LogP contribution in [0.3, 0.4) is 0 Å². The highest BCUT2D eigenvalue weighted by Crippen LogP contribution is 2.19. The molecule has 0 saturated carbocycles. The highest BCUT2D eigenvalue weighted by Gasteiger charge is 2.20. The van der Waals surface area contributed by atoms with Gasteiger partial charge in [0.05, 0.1) is 19.0 Å². The lowest BCUT2D eigenvalue weighted by molar-refractivity contribution is 0.196. The highest BCUT2D eigenvalue weighted by molar-refractivity contribution is 5.29. The molecular formula is C13H21FN4O. The van der Waals surface area contributed by atoms with E-state index in [1.807, 2.05) is 0 Å². The summed E-state index contributed by atoms with van der Waals surface area (Å²) in [6.45, 7) is 4.55. The molecule has 2 heterocycles. The van der Waals surface area contributed by atoms with Crippen LogP contribution < -0.4 is 10.2 Å². The molecule has 1 fully saturated rings. The fourth-order valence-electron chi connectivity index (χ4n) is 2.29. The number of nitrogens with one attached hydrogen (secondary N) is 1. The minimum atomic E-state index is -0.388. The second kappa shape index (κ2) is 7.35. The van der Waals surface area contributed by atoms with E-state index >= 15 is 0 Å². The van der Waals surface area contributed by atoms with Gasteiger partial charge in [0.2, 0.25) is 5.95 Å². The van der Waals surface area contributed by atoms with Crippen LogP contribution in [0.5, 0.6) is 0 Å². The van der Waals surface area contributed by atoms with Crippen molar-refractivity contribution in [2.75, 3.05) is 44.8 Å². The molecule has 1 aromatic heterocycles. The molecule has 5 nitrogen and oxygen atoms in total. The number of hydrogen-bond donors (Lipinski definition) is 1. The summed E-state index contributed by atoms with van der Waals surface area (Å²) in [5.41, 5.74) is 0. The summed E-state index contributed by atoms with van der Waals surface area (Å²) in [5, 5.41) is 3.39. The fraction of sp³-hybridized carbons (Fsp3) is 0.692. The third-order valence-corrected chi connectivity index (χ3v) is 3.42. The molecule has 2 rings (SSSR count). The number of ether oxygens (including phenoxy) is 1. The van der Waals surface area contributed by atoms with E-state index in [0.717, 1.165) is 45.6 Å². The summed E-state index contributed by atoms with van der Waals surface area (Å²) in [6.07, 6.45) is 4.67. The second-order valence-electron chi connectivity index (χ2n) is 4.83. The first-order chi connectivity index (χ1) is 9.29. The minimum Gasteiger partial charge on any atom is -0.383 e. The summed E-state index contributed by atoms with van der Waals surface area (Å²) in [5.74, 6) is 0.932. The van der Waals surface area contributed by atoms with Crippen molar-refractivity contribution in [2.45, 2.75) is 12.8 Å². The quantitative estimate of drug-likeness (QED) is 0.782. The van der Waals surface area contributed by atoms with Crippen LogP contribution in [-0.4, -0.2) is 49.9 Å². The maximum atomic E-state index is 12.8. The molecule has 0 amide bonds. The van der Waals surface area contributed by atoms with Crippen LogP contribution in [0.2, 0.25) is 0 Å². The zero-order chi connectivity index (χ0) is 13.5. The Kier molecular flexibility index (Phi) is 5.47. The van der Waals surface area contributed by atoms with E-state index < -0.39 is 0 Å². The molecule has 1 aromatic rings. The van der Waals surface area contributed by atoms with Gasteiger partial charge in [-0.2, -0.15) is 0 Å². The van der Waals surface area contributed by atoms with Crippen molar-refractivity contribution in [1.82, 2.24) is 15.3 Å². The molecule has 0 radical (unpaired) electrons. The van der Waals surface area contributed by atoms with Gasteiger partial charge < -0.3 is 15.0 Å². The summed E-state index contributed by atoms with van der Waals surface area (Å²) in [7, 11) is 1.71. The third kappa shape index (κ3) is 4.40. The molecule has 6 heteroatoms. The number of aromatic nitrogens is 2. The molecule has 0 aliphatic carbocycles. The van der Waals surface area contributed by atoms with Crippen molar-refractivity contribution in [3.8, 4) is 0 Å². The molecule has 1 aliphatic heterocycles. The van der Waals surface area contributed by atoms with Crippen molar-refractivity contribution in [3.63, 3.8) is 0 Å². The number of piperidine rings is 1. The SMILES string of the molecule is COCCNCC1CCN(c2ncc(F)cn2)CC1. The van der Waals surface area contributed by atoms with Gasteiger partial charge in [0.25, 0.3) is 0 Å². The van der Waals surface area contributed by atoms with Gasteiger partial charge in [0.15, 0.2) is 5.82 Å². The lowest BCUT2D eigenvalue weighted by Crippen LogP contribution is -2.38. The molecule has 0 atom stereocenters. The average molecular weight is 268 g/mol. The standard InChI is InChI=1S/C13H21FN4O/c1-19-7-4-15-8-11-2-5-18(6-3-11)13-16-9-12(14)10-17-13/h9-11,15H,2-8H2,1H3. The Morgan fingerprint density at radius 2 is 2.05 bits per heavy atom. The van der Waals surface area contributed by atoms with E-state index in [4.69, 9.17) is 4.74 Å². The second-order valence-corrected chi connectivity index (χ2v) is 4.83. The minimum absolute atomic E-state index is 0.388. The van der Waals surface area contributed by atoms with Crippen molar-refractivity contribution < 1.29 is 9.13 Å². The Bertz CT molecular complexity index is 365. The highest BCUT2D eigenvalue weighted by atomic mass is 19.1. The first-order valence-electron chi connectivity index (χ1n) is 6.71. The monoisotopic (exact) mass is 268 g/mol. The van der Waals surface area contributed by atoms with Gasteiger partial charge in [-0.1, -0.05) is 0 Å². The molecule has 0 bridgehead atoms. The maximum absolute atomic E-state index is 12.8. The van der Waals surface area contributed by atoms with Crippen LogP contribution in [0.25, 0.3) is 0 Å². The van der Waals surface area contributed by atoms with Crippen LogP contribution in [0, 0.1) is 11.7 Å². The lowest BCUT2D eigenvalue weighted by atomic mass is 9.97. The van der Waals surface area contributed by atoms with Gasteiger partial charge in [0.1, 0.15) is 0 Å². The van der Waals surface area contributed by atoms with Gasteiger partial charge in [-0.05, 0) is 25.3 Å². The van der Waals surface area contributed by atoms with Crippen LogP contribution in [0.15, 0.2) is 12.4 Å². The average Bonchev–Trinajstić information content (AvgIpc) is 2.45. The molecule has 19 heavy (non-hydrogen) atoms. The molecule has 0 spiro atoms. The molecule has 1 N–H and O–H groups in total. The Morgan fingerprint density at radius 3 is 2.68 bits per heavy atom. The topological polar surface area (TPSA) is 50.3 Å². The van der Waals surface area contributed by atoms with Crippen LogP contribution in [0.4, 0.5) is 10.3 Å². The Morgan fingerprint density at radius 1 is 1.37 bits per heavy atom.